The monoisotopic (exact) mass is 481 g/mol. The molecule has 7 N–H and O–H groups in total. The lowest BCUT2D eigenvalue weighted by molar-refractivity contribution is -0.138. The molecule has 2 aromatic rings. The van der Waals surface area contributed by atoms with Gasteiger partial charge in [-0.2, -0.15) is 0 Å². The summed E-state index contributed by atoms with van der Waals surface area (Å²) in [5, 5.41) is 30.9. The maximum absolute atomic E-state index is 13.1. The van der Waals surface area contributed by atoms with Crippen LogP contribution in [0, 0.1) is 5.41 Å². The minimum absolute atomic E-state index is 0.0900. The fraction of sp³-hybridized carbons (Fsp3) is 0.217. The summed E-state index contributed by atoms with van der Waals surface area (Å²) in [5.41, 5.74) is 4.97. The predicted octanol–water partition coefficient (Wildman–Crippen LogP) is 0.768. The van der Waals surface area contributed by atoms with Crippen molar-refractivity contribution in [2.75, 3.05) is 6.54 Å². The van der Waals surface area contributed by atoms with Crippen molar-refractivity contribution in [2.24, 2.45) is 5.73 Å². The highest BCUT2D eigenvalue weighted by molar-refractivity contribution is 6.09. The molecule has 2 aromatic carbocycles. The predicted molar refractivity (Wildman–Crippen MR) is 122 cm³/mol. The zero-order chi connectivity index (χ0) is 25.9. The number of aliphatic carboxylic acids is 1. The number of amides is 4. The van der Waals surface area contributed by atoms with E-state index in [1.807, 2.05) is 0 Å². The molecule has 0 spiro atoms. The van der Waals surface area contributed by atoms with Gasteiger partial charge in [0.1, 0.15) is 17.9 Å². The van der Waals surface area contributed by atoms with Crippen LogP contribution in [0.2, 0.25) is 0 Å². The number of carbonyl (C=O) groups is 5. The average molecular weight is 481 g/mol. The van der Waals surface area contributed by atoms with Gasteiger partial charge in [-0.15, -0.1) is 0 Å². The van der Waals surface area contributed by atoms with E-state index in [1.54, 1.807) is 0 Å². The highest BCUT2D eigenvalue weighted by atomic mass is 16.4. The van der Waals surface area contributed by atoms with Crippen molar-refractivity contribution in [3.63, 3.8) is 0 Å². The summed E-state index contributed by atoms with van der Waals surface area (Å²) in [5.74, 6) is -4.13. The van der Waals surface area contributed by atoms with Crippen LogP contribution in [0.15, 0.2) is 48.5 Å². The first kappa shape index (κ1) is 24.9. The second-order valence-electron chi connectivity index (χ2n) is 8.09. The van der Waals surface area contributed by atoms with Crippen LogP contribution in [0.3, 0.4) is 0 Å². The first-order valence-corrected chi connectivity index (χ1v) is 10.4. The van der Waals surface area contributed by atoms with E-state index in [0.717, 1.165) is 0 Å². The minimum Gasteiger partial charge on any atom is -0.481 e. The Morgan fingerprint density at radius 1 is 1.11 bits per heavy atom. The quantitative estimate of drug-likeness (QED) is 0.171. The van der Waals surface area contributed by atoms with Crippen LogP contribution in [0.5, 0.6) is 0 Å². The zero-order valence-corrected chi connectivity index (χ0v) is 18.6. The number of hydrogen-bond acceptors (Lipinski definition) is 6. The third-order valence-electron chi connectivity index (χ3n) is 5.60. The molecule has 0 bridgehead atoms. The van der Waals surface area contributed by atoms with E-state index >= 15 is 0 Å². The van der Waals surface area contributed by atoms with E-state index < -0.39 is 54.3 Å². The average Bonchev–Trinajstić information content (AvgIpc) is 3.02. The lowest BCUT2D eigenvalue weighted by Gasteiger charge is -2.23. The Morgan fingerprint density at radius 3 is 2.34 bits per heavy atom. The van der Waals surface area contributed by atoms with E-state index in [1.165, 1.54) is 55.5 Å². The van der Waals surface area contributed by atoms with E-state index in [9.17, 15) is 34.2 Å². The standard InChI is InChI=1S/C23H23N5O7/c1-23(15-7-5-12(6-8-15)19(24)25)21(34)28(22(35)27-23)11-17(29)26-16(10-18(30)31)13-3-2-4-14(9-13)20(32)33/h2-9,16H,10-11H2,1H3,(H3,24,25)(H,26,29)(H,27,35)(H,30,31)(H,32,33)/t16-,23-/m0/s1. The molecule has 1 heterocycles. The summed E-state index contributed by atoms with van der Waals surface area (Å²) in [6.45, 7) is 0.791. The number of benzene rings is 2. The van der Waals surface area contributed by atoms with Gasteiger partial charge in [0.2, 0.25) is 5.91 Å². The van der Waals surface area contributed by atoms with Gasteiger partial charge in [-0.25, -0.2) is 9.59 Å². The number of nitrogens with zero attached hydrogens (tertiary/aromatic N) is 1. The van der Waals surface area contributed by atoms with Crippen LogP contribution in [0.25, 0.3) is 0 Å². The Kier molecular flexibility index (Phi) is 6.85. The number of aromatic carboxylic acids is 1. The first-order valence-electron chi connectivity index (χ1n) is 10.4. The van der Waals surface area contributed by atoms with Crippen molar-refractivity contribution >= 4 is 35.6 Å². The maximum atomic E-state index is 13.1. The molecule has 182 valence electrons. The SMILES string of the molecule is C[C@@]1(c2ccc(C(=N)N)cc2)NC(=O)N(CC(=O)N[C@@H](CC(=O)O)c2cccc(C(=O)O)c2)C1=O. The normalized spacial score (nSPS) is 18.0. The highest BCUT2D eigenvalue weighted by Gasteiger charge is 2.49. The molecule has 1 aliphatic heterocycles. The number of carboxylic acid groups (broad SMARTS) is 2. The number of nitrogens with one attached hydrogen (secondary N) is 3. The van der Waals surface area contributed by atoms with Crippen molar-refractivity contribution < 1.29 is 34.2 Å². The molecule has 3 rings (SSSR count). The minimum atomic E-state index is -1.47. The van der Waals surface area contributed by atoms with Gasteiger partial charge >= 0.3 is 18.0 Å². The van der Waals surface area contributed by atoms with Crippen molar-refractivity contribution in [2.45, 2.75) is 24.9 Å². The number of imide groups is 1. The molecule has 12 nitrogen and oxygen atoms in total. The Hall–Kier alpha value is -4.74. The molecular formula is C23H23N5O7. The summed E-state index contributed by atoms with van der Waals surface area (Å²) < 4.78 is 0. The number of carbonyl (C=O) groups excluding carboxylic acids is 3. The number of nitrogens with two attached hydrogens (primary N) is 1. The molecule has 1 fully saturated rings. The van der Waals surface area contributed by atoms with Crippen LogP contribution in [-0.2, 0) is 19.9 Å². The lowest BCUT2D eigenvalue weighted by atomic mass is 9.91. The molecule has 0 saturated carbocycles. The van der Waals surface area contributed by atoms with E-state index in [0.29, 0.717) is 16.0 Å². The number of nitrogen functional groups attached to an aromatic ring is 1. The van der Waals surface area contributed by atoms with Gasteiger partial charge in [0.15, 0.2) is 0 Å². The largest absolute Gasteiger partial charge is 0.481 e. The van der Waals surface area contributed by atoms with Crippen LogP contribution < -0.4 is 16.4 Å². The van der Waals surface area contributed by atoms with Crippen LogP contribution in [-0.4, -0.2) is 57.3 Å². The van der Waals surface area contributed by atoms with E-state index in [2.05, 4.69) is 10.6 Å². The maximum Gasteiger partial charge on any atom is 0.335 e. The molecule has 1 aliphatic rings. The second kappa shape index (κ2) is 9.63. The second-order valence-corrected chi connectivity index (χ2v) is 8.09. The molecule has 12 heteroatoms. The summed E-state index contributed by atoms with van der Waals surface area (Å²) in [6, 6.07) is 9.67. The van der Waals surface area contributed by atoms with Gasteiger partial charge in [-0.05, 0) is 30.2 Å². The van der Waals surface area contributed by atoms with E-state index in [-0.39, 0.29) is 17.0 Å². The van der Waals surface area contributed by atoms with Crippen molar-refractivity contribution in [3.8, 4) is 0 Å². The molecule has 0 aromatic heterocycles. The first-order chi connectivity index (χ1) is 16.4. The van der Waals surface area contributed by atoms with Crippen LogP contribution in [0.4, 0.5) is 4.79 Å². The van der Waals surface area contributed by atoms with Gasteiger partial charge in [0.25, 0.3) is 5.91 Å². The number of carboxylic acids is 2. The smallest absolute Gasteiger partial charge is 0.335 e. The Balaban J connectivity index is 1.77. The number of hydrogen-bond donors (Lipinski definition) is 6. The van der Waals surface area contributed by atoms with Crippen molar-refractivity contribution in [3.05, 3.63) is 70.8 Å². The van der Waals surface area contributed by atoms with E-state index in [4.69, 9.17) is 11.1 Å². The zero-order valence-electron chi connectivity index (χ0n) is 18.6. The van der Waals surface area contributed by atoms with Gasteiger partial charge in [0, 0.05) is 5.56 Å². The fourth-order valence-electron chi connectivity index (χ4n) is 3.72. The number of urea groups is 1. The third-order valence-corrected chi connectivity index (χ3v) is 5.60. The summed E-state index contributed by atoms with van der Waals surface area (Å²) >= 11 is 0. The Bertz CT molecular complexity index is 1230. The molecule has 0 aliphatic carbocycles. The van der Waals surface area contributed by atoms with Crippen LogP contribution >= 0.6 is 0 Å². The van der Waals surface area contributed by atoms with Gasteiger partial charge in [0.05, 0.1) is 18.0 Å². The fourth-order valence-corrected chi connectivity index (χ4v) is 3.72. The van der Waals surface area contributed by atoms with Crippen molar-refractivity contribution in [1.82, 2.24) is 15.5 Å². The Labute approximate surface area is 199 Å². The number of rotatable bonds is 9. The molecule has 35 heavy (non-hydrogen) atoms. The topological polar surface area (TPSA) is 203 Å². The molecular weight excluding hydrogens is 458 g/mol. The molecule has 4 amide bonds. The van der Waals surface area contributed by atoms with Crippen LogP contribution in [0.1, 0.15) is 46.4 Å². The van der Waals surface area contributed by atoms with Gasteiger partial charge in [-0.1, -0.05) is 36.4 Å². The third kappa shape index (κ3) is 5.27. The lowest BCUT2D eigenvalue weighted by Crippen LogP contribution is -2.44. The van der Waals surface area contributed by atoms with Gasteiger partial charge in [-0.3, -0.25) is 24.7 Å². The summed E-state index contributed by atoms with van der Waals surface area (Å²) in [7, 11) is 0. The summed E-state index contributed by atoms with van der Waals surface area (Å²) in [4.78, 5) is 61.6. The molecule has 0 unspecified atom stereocenters. The molecule has 1 saturated heterocycles. The molecule has 0 radical (unpaired) electrons. The number of amidine groups is 1. The van der Waals surface area contributed by atoms with Crippen molar-refractivity contribution in [1.29, 1.82) is 5.41 Å². The Morgan fingerprint density at radius 2 is 1.77 bits per heavy atom. The highest BCUT2D eigenvalue weighted by Crippen LogP contribution is 2.29. The summed E-state index contributed by atoms with van der Waals surface area (Å²) in [6.07, 6.45) is -0.546. The van der Waals surface area contributed by atoms with Gasteiger partial charge < -0.3 is 26.6 Å². The molecule has 2 atom stereocenters.